The Hall–Kier alpha value is -1.50. The lowest BCUT2D eigenvalue weighted by Crippen LogP contribution is -2.61. The Balaban J connectivity index is 5.24. The van der Waals surface area contributed by atoms with E-state index in [9.17, 15) is 24.3 Å². The Bertz CT molecular complexity index is 546. The van der Waals surface area contributed by atoms with E-state index in [1.165, 1.54) is 6.92 Å². The van der Waals surface area contributed by atoms with Crippen molar-refractivity contribution in [2.45, 2.75) is 51.0 Å². The molecule has 27 heavy (non-hydrogen) atoms. The van der Waals surface area contributed by atoms with E-state index in [1.54, 1.807) is 13.8 Å². The number of thiol groups is 2. The maximum absolute atomic E-state index is 12.5. The van der Waals surface area contributed by atoms with Gasteiger partial charge in [0.15, 0.2) is 0 Å². The molecule has 0 radical (unpaired) electrons. The Labute approximate surface area is 168 Å². The Morgan fingerprint density at radius 1 is 0.889 bits per heavy atom. The lowest BCUT2D eigenvalue weighted by molar-refractivity contribution is -0.142. The first kappa shape index (κ1) is 25.5. The smallest absolute Gasteiger partial charge is 0.327 e. The predicted octanol–water partition coefficient (Wildman–Crippen LogP) is -2.25. The van der Waals surface area contributed by atoms with Gasteiger partial charge in [-0.2, -0.15) is 25.3 Å². The molecule has 0 aliphatic heterocycles. The summed E-state index contributed by atoms with van der Waals surface area (Å²) in [4.78, 5) is 47.7. The van der Waals surface area contributed by atoms with Gasteiger partial charge in [0.05, 0.1) is 12.1 Å². The number of carbonyl (C=O) groups is 4. The van der Waals surface area contributed by atoms with E-state index in [4.69, 9.17) is 10.8 Å². The second kappa shape index (κ2) is 12.1. The first-order chi connectivity index (χ1) is 12.5. The molecule has 10 nitrogen and oxygen atoms in total. The standard InChI is InChI=1S/C15H28N4O6S2/c1-6(2)10(18-12(21)8(16)4-26)13(22)19-11(7(3)20)14(23)17-9(5-27)15(24)25/h6-11,20,26-27H,4-5,16H2,1-3H3,(H,17,23)(H,18,21)(H,19,22)(H,24,25). The predicted molar refractivity (Wildman–Crippen MR) is 106 cm³/mol. The van der Waals surface area contributed by atoms with E-state index in [0.717, 1.165) is 0 Å². The highest BCUT2D eigenvalue weighted by molar-refractivity contribution is 7.80. The third-order valence-corrected chi connectivity index (χ3v) is 4.40. The molecule has 0 fully saturated rings. The Morgan fingerprint density at radius 2 is 1.37 bits per heavy atom. The summed E-state index contributed by atoms with van der Waals surface area (Å²) in [5, 5.41) is 25.8. The molecule has 3 amide bonds. The summed E-state index contributed by atoms with van der Waals surface area (Å²) >= 11 is 7.76. The van der Waals surface area contributed by atoms with Crippen molar-refractivity contribution < 1.29 is 29.4 Å². The number of hydrogen-bond donors (Lipinski definition) is 8. The number of amides is 3. The topological polar surface area (TPSA) is 171 Å². The summed E-state index contributed by atoms with van der Waals surface area (Å²) in [7, 11) is 0. The van der Waals surface area contributed by atoms with Crippen molar-refractivity contribution >= 4 is 48.9 Å². The molecule has 0 saturated heterocycles. The van der Waals surface area contributed by atoms with Crippen LogP contribution in [0.4, 0.5) is 0 Å². The van der Waals surface area contributed by atoms with Crippen LogP contribution in [0, 0.1) is 5.92 Å². The molecule has 0 aromatic heterocycles. The summed E-state index contributed by atoms with van der Waals surface area (Å²) in [5.41, 5.74) is 5.57. The normalized spacial score (nSPS) is 16.6. The van der Waals surface area contributed by atoms with Gasteiger partial charge in [0.25, 0.3) is 0 Å². The number of nitrogens with one attached hydrogen (secondary N) is 3. The fourth-order valence-electron chi connectivity index (χ4n) is 1.97. The summed E-state index contributed by atoms with van der Waals surface area (Å²) in [6, 6.07) is -4.63. The molecule has 0 aromatic carbocycles. The molecule has 5 atom stereocenters. The highest BCUT2D eigenvalue weighted by Crippen LogP contribution is 2.05. The van der Waals surface area contributed by atoms with Gasteiger partial charge in [0.2, 0.25) is 17.7 Å². The number of carboxylic acids is 1. The van der Waals surface area contributed by atoms with E-state index >= 15 is 0 Å². The Morgan fingerprint density at radius 3 is 1.74 bits per heavy atom. The fraction of sp³-hybridized carbons (Fsp3) is 0.733. The van der Waals surface area contributed by atoms with Crippen molar-refractivity contribution in [2.24, 2.45) is 11.7 Å². The van der Waals surface area contributed by atoms with Crippen LogP contribution in [0.25, 0.3) is 0 Å². The molecule has 156 valence electrons. The van der Waals surface area contributed by atoms with E-state index in [1.807, 2.05) is 0 Å². The van der Waals surface area contributed by atoms with Crippen molar-refractivity contribution in [3.63, 3.8) is 0 Å². The van der Waals surface area contributed by atoms with Gasteiger partial charge in [-0.1, -0.05) is 13.8 Å². The summed E-state index contributed by atoms with van der Waals surface area (Å²) in [6.45, 7) is 4.62. The molecule has 0 rings (SSSR count). The lowest BCUT2D eigenvalue weighted by Gasteiger charge is -2.27. The van der Waals surface area contributed by atoms with Gasteiger partial charge in [0, 0.05) is 11.5 Å². The van der Waals surface area contributed by atoms with Crippen LogP contribution in [0.15, 0.2) is 0 Å². The van der Waals surface area contributed by atoms with Crippen LogP contribution in [-0.4, -0.2) is 75.7 Å². The molecular weight excluding hydrogens is 396 g/mol. The van der Waals surface area contributed by atoms with Crippen molar-refractivity contribution in [3.05, 3.63) is 0 Å². The monoisotopic (exact) mass is 424 g/mol. The average Bonchev–Trinajstić information content (AvgIpc) is 2.59. The van der Waals surface area contributed by atoms with Crippen molar-refractivity contribution in [1.29, 1.82) is 0 Å². The first-order valence-electron chi connectivity index (χ1n) is 8.25. The minimum absolute atomic E-state index is 0.0806. The number of carbonyl (C=O) groups excluding carboxylic acids is 3. The maximum Gasteiger partial charge on any atom is 0.327 e. The molecule has 5 unspecified atom stereocenters. The van der Waals surface area contributed by atoms with Crippen LogP contribution in [0.1, 0.15) is 20.8 Å². The molecule has 7 N–H and O–H groups in total. The molecular formula is C15H28N4O6S2. The maximum atomic E-state index is 12.5. The van der Waals surface area contributed by atoms with E-state index in [2.05, 4.69) is 41.2 Å². The Kier molecular flexibility index (Phi) is 11.4. The van der Waals surface area contributed by atoms with Crippen LogP contribution < -0.4 is 21.7 Å². The van der Waals surface area contributed by atoms with Gasteiger partial charge in [-0.05, 0) is 12.8 Å². The van der Waals surface area contributed by atoms with Gasteiger partial charge in [-0.3, -0.25) is 14.4 Å². The third kappa shape index (κ3) is 8.37. The van der Waals surface area contributed by atoms with E-state index in [-0.39, 0.29) is 17.4 Å². The summed E-state index contributed by atoms with van der Waals surface area (Å²) < 4.78 is 0. The zero-order chi connectivity index (χ0) is 21.3. The summed E-state index contributed by atoms with van der Waals surface area (Å²) in [5.74, 6) is -3.93. The SMILES string of the molecule is CC(C)C(NC(=O)C(N)CS)C(=O)NC(C(=O)NC(CS)C(=O)O)C(C)O. The van der Waals surface area contributed by atoms with Crippen molar-refractivity contribution in [1.82, 2.24) is 16.0 Å². The second-order valence-corrected chi connectivity index (χ2v) is 7.06. The fourth-order valence-corrected chi connectivity index (χ4v) is 2.39. The molecule has 0 bridgehead atoms. The van der Waals surface area contributed by atoms with Crippen LogP contribution in [0.2, 0.25) is 0 Å². The van der Waals surface area contributed by atoms with Crippen LogP contribution in [-0.2, 0) is 19.2 Å². The quantitative estimate of drug-likeness (QED) is 0.173. The van der Waals surface area contributed by atoms with Gasteiger partial charge in [-0.15, -0.1) is 0 Å². The molecule has 0 saturated carbocycles. The van der Waals surface area contributed by atoms with Gasteiger partial charge in [-0.25, -0.2) is 4.79 Å². The van der Waals surface area contributed by atoms with E-state index in [0.29, 0.717) is 0 Å². The average molecular weight is 425 g/mol. The minimum Gasteiger partial charge on any atom is -0.480 e. The molecule has 0 aliphatic carbocycles. The second-order valence-electron chi connectivity index (χ2n) is 6.33. The first-order valence-corrected chi connectivity index (χ1v) is 9.51. The number of rotatable bonds is 11. The number of hydrogen-bond acceptors (Lipinski definition) is 8. The van der Waals surface area contributed by atoms with Gasteiger partial charge < -0.3 is 31.9 Å². The van der Waals surface area contributed by atoms with E-state index < -0.39 is 54.0 Å². The number of aliphatic hydroxyl groups is 1. The summed E-state index contributed by atoms with van der Waals surface area (Å²) in [6.07, 6.45) is -1.31. The zero-order valence-corrected chi connectivity index (χ0v) is 17.2. The highest BCUT2D eigenvalue weighted by atomic mass is 32.1. The third-order valence-electron chi connectivity index (χ3n) is 3.64. The lowest BCUT2D eigenvalue weighted by atomic mass is 10.0. The number of aliphatic carboxylic acids is 1. The van der Waals surface area contributed by atoms with Crippen LogP contribution in [0.3, 0.4) is 0 Å². The highest BCUT2D eigenvalue weighted by Gasteiger charge is 2.33. The van der Waals surface area contributed by atoms with Crippen molar-refractivity contribution in [3.8, 4) is 0 Å². The van der Waals surface area contributed by atoms with Crippen molar-refractivity contribution in [2.75, 3.05) is 11.5 Å². The van der Waals surface area contributed by atoms with Crippen LogP contribution in [0.5, 0.6) is 0 Å². The molecule has 0 heterocycles. The molecule has 0 aromatic rings. The minimum atomic E-state index is -1.42. The largest absolute Gasteiger partial charge is 0.480 e. The molecule has 0 aliphatic rings. The number of aliphatic hydroxyl groups excluding tert-OH is 1. The van der Waals surface area contributed by atoms with Gasteiger partial charge >= 0.3 is 5.97 Å². The number of carboxylic acid groups (broad SMARTS) is 1. The molecule has 12 heteroatoms. The van der Waals surface area contributed by atoms with Gasteiger partial charge in [0.1, 0.15) is 18.1 Å². The molecule has 0 spiro atoms. The zero-order valence-electron chi connectivity index (χ0n) is 15.4. The van der Waals surface area contributed by atoms with Crippen LogP contribution >= 0.6 is 25.3 Å². The number of nitrogens with two attached hydrogens (primary N) is 1.